The Labute approximate surface area is 128 Å². The van der Waals surface area contributed by atoms with Crippen molar-refractivity contribution in [2.45, 2.75) is 19.3 Å². The van der Waals surface area contributed by atoms with E-state index in [0.29, 0.717) is 5.56 Å². The second kappa shape index (κ2) is 6.77. The van der Waals surface area contributed by atoms with E-state index < -0.39 is 23.7 Å². The summed E-state index contributed by atoms with van der Waals surface area (Å²) in [6.07, 6.45) is 0.0957. The molecule has 0 spiro atoms. The van der Waals surface area contributed by atoms with E-state index in [0.717, 1.165) is 0 Å². The lowest BCUT2D eigenvalue weighted by molar-refractivity contribution is -0.148. The Morgan fingerprint density at radius 1 is 1.36 bits per heavy atom. The van der Waals surface area contributed by atoms with E-state index in [2.05, 4.69) is 0 Å². The molecule has 1 aromatic rings. The highest BCUT2D eigenvalue weighted by atomic mass is 19.1. The van der Waals surface area contributed by atoms with Crippen LogP contribution in [0.4, 0.5) is 4.39 Å². The zero-order valence-corrected chi connectivity index (χ0v) is 12.8. The molecule has 5 nitrogen and oxygen atoms in total. The molecule has 120 valence electrons. The summed E-state index contributed by atoms with van der Waals surface area (Å²) in [5.41, 5.74) is 0.582. The molecule has 0 fully saturated rings. The Morgan fingerprint density at radius 3 is 2.73 bits per heavy atom. The average molecular weight is 310 g/mol. The molecule has 0 saturated heterocycles. The lowest BCUT2D eigenvalue weighted by Crippen LogP contribution is -2.35. The van der Waals surface area contributed by atoms with Crippen LogP contribution >= 0.6 is 0 Å². The van der Waals surface area contributed by atoms with E-state index in [-0.39, 0.29) is 30.6 Å². The maximum atomic E-state index is 13.9. The van der Waals surface area contributed by atoms with Crippen molar-refractivity contribution >= 4 is 11.9 Å². The number of esters is 2. The van der Waals surface area contributed by atoms with Crippen molar-refractivity contribution < 1.29 is 28.2 Å². The van der Waals surface area contributed by atoms with Gasteiger partial charge in [-0.2, -0.15) is 0 Å². The minimum atomic E-state index is -0.524. The van der Waals surface area contributed by atoms with Crippen LogP contribution in [0.2, 0.25) is 0 Å². The molecular weight excluding hydrogens is 291 g/mol. The van der Waals surface area contributed by atoms with E-state index in [1.807, 2.05) is 0 Å². The average Bonchev–Trinajstić information content (AvgIpc) is 2.53. The van der Waals surface area contributed by atoms with Gasteiger partial charge in [0.25, 0.3) is 0 Å². The predicted molar refractivity (Wildman–Crippen MR) is 75.9 cm³/mol. The summed E-state index contributed by atoms with van der Waals surface area (Å²) >= 11 is 0. The predicted octanol–water partition coefficient (Wildman–Crippen LogP) is 2.29. The molecule has 6 heteroatoms. The Hall–Kier alpha value is -2.11. The quantitative estimate of drug-likeness (QED) is 0.799. The van der Waals surface area contributed by atoms with Gasteiger partial charge in [0.2, 0.25) is 0 Å². The second-order valence-electron chi connectivity index (χ2n) is 5.35. The van der Waals surface area contributed by atoms with Gasteiger partial charge in [0.15, 0.2) is 11.6 Å². The van der Waals surface area contributed by atoms with Crippen LogP contribution in [0, 0.1) is 17.7 Å². The van der Waals surface area contributed by atoms with Gasteiger partial charge in [-0.25, -0.2) is 4.39 Å². The van der Waals surface area contributed by atoms with Crippen LogP contribution in [0.5, 0.6) is 5.75 Å². The molecule has 0 saturated carbocycles. The standard InChI is InChI=1S/C16H19FO5/c1-9(16(19)21-3)14-10(7-13(18)20-2)8-22-15-11(14)5-4-6-12(15)17/h4-6,9-10,14H,7-8H2,1-3H3. The Kier molecular flexibility index (Phi) is 5.00. The maximum absolute atomic E-state index is 13.9. The number of rotatable bonds is 4. The van der Waals surface area contributed by atoms with Crippen molar-refractivity contribution in [1.82, 2.24) is 0 Å². The SMILES string of the molecule is COC(=O)CC1COc2c(F)cccc2C1C(C)C(=O)OC. The van der Waals surface area contributed by atoms with Crippen molar-refractivity contribution in [2.75, 3.05) is 20.8 Å². The molecule has 3 unspecified atom stereocenters. The number of carbonyl (C=O) groups is 2. The molecule has 2 rings (SSSR count). The molecule has 1 aromatic carbocycles. The first-order valence-electron chi connectivity index (χ1n) is 7.05. The van der Waals surface area contributed by atoms with Crippen LogP contribution in [0.15, 0.2) is 18.2 Å². The summed E-state index contributed by atoms with van der Waals surface area (Å²) in [4.78, 5) is 23.5. The third-order valence-electron chi connectivity index (χ3n) is 4.07. The number of ether oxygens (including phenoxy) is 3. The third kappa shape index (κ3) is 3.05. The molecule has 0 aromatic heterocycles. The smallest absolute Gasteiger partial charge is 0.309 e. The van der Waals surface area contributed by atoms with Crippen LogP contribution in [-0.2, 0) is 19.1 Å². The lowest BCUT2D eigenvalue weighted by atomic mass is 9.74. The number of methoxy groups -OCH3 is 2. The number of fused-ring (bicyclic) bond motifs is 1. The molecule has 22 heavy (non-hydrogen) atoms. The molecule has 0 amide bonds. The van der Waals surface area contributed by atoms with Gasteiger partial charge in [-0.3, -0.25) is 9.59 Å². The highest BCUT2D eigenvalue weighted by Crippen LogP contribution is 2.44. The van der Waals surface area contributed by atoms with E-state index in [4.69, 9.17) is 14.2 Å². The normalized spacial score (nSPS) is 21.3. The molecule has 0 radical (unpaired) electrons. The van der Waals surface area contributed by atoms with Crippen molar-refractivity contribution in [2.24, 2.45) is 11.8 Å². The fraction of sp³-hybridized carbons (Fsp3) is 0.500. The molecule has 1 heterocycles. The van der Waals surface area contributed by atoms with Crippen molar-refractivity contribution in [3.8, 4) is 5.75 Å². The third-order valence-corrected chi connectivity index (χ3v) is 4.07. The number of hydrogen-bond acceptors (Lipinski definition) is 5. The summed E-state index contributed by atoms with van der Waals surface area (Å²) in [6.45, 7) is 1.86. The molecule has 3 atom stereocenters. The van der Waals surface area contributed by atoms with Crippen molar-refractivity contribution in [3.63, 3.8) is 0 Å². The summed E-state index contributed by atoms with van der Waals surface area (Å²) in [5.74, 6) is -2.31. The molecule has 0 aliphatic carbocycles. The fourth-order valence-electron chi connectivity index (χ4n) is 2.98. The van der Waals surface area contributed by atoms with Gasteiger partial charge >= 0.3 is 11.9 Å². The van der Waals surface area contributed by atoms with E-state index in [9.17, 15) is 14.0 Å². The molecule has 1 aliphatic heterocycles. The first-order valence-corrected chi connectivity index (χ1v) is 7.05. The molecule has 0 N–H and O–H groups in total. The first-order chi connectivity index (χ1) is 10.5. The number of benzene rings is 1. The van der Waals surface area contributed by atoms with Crippen LogP contribution in [0.25, 0.3) is 0 Å². The summed E-state index contributed by atoms with van der Waals surface area (Å²) < 4.78 is 28.9. The van der Waals surface area contributed by atoms with Gasteiger partial charge in [-0.1, -0.05) is 19.1 Å². The monoisotopic (exact) mass is 310 g/mol. The van der Waals surface area contributed by atoms with Gasteiger partial charge in [0.05, 0.1) is 33.2 Å². The number of halogens is 1. The summed E-state index contributed by atoms with van der Waals surface area (Å²) in [7, 11) is 2.61. The van der Waals surface area contributed by atoms with Gasteiger partial charge < -0.3 is 14.2 Å². The number of hydrogen-bond donors (Lipinski definition) is 0. The van der Waals surface area contributed by atoms with Gasteiger partial charge in [-0.15, -0.1) is 0 Å². The molecule has 1 aliphatic rings. The zero-order chi connectivity index (χ0) is 16.3. The number of para-hydroxylation sites is 1. The maximum Gasteiger partial charge on any atom is 0.309 e. The van der Waals surface area contributed by atoms with E-state index in [1.54, 1.807) is 19.1 Å². The highest BCUT2D eigenvalue weighted by molar-refractivity contribution is 5.74. The van der Waals surface area contributed by atoms with Crippen LogP contribution < -0.4 is 4.74 Å². The topological polar surface area (TPSA) is 61.8 Å². The van der Waals surface area contributed by atoms with Gasteiger partial charge in [0, 0.05) is 17.4 Å². The van der Waals surface area contributed by atoms with E-state index >= 15 is 0 Å². The van der Waals surface area contributed by atoms with Crippen LogP contribution in [-0.4, -0.2) is 32.8 Å². The Bertz CT molecular complexity index is 572. The summed E-state index contributed by atoms with van der Waals surface area (Å²) in [5, 5.41) is 0. The fourth-order valence-corrected chi connectivity index (χ4v) is 2.98. The lowest BCUT2D eigenvalue weighted by Gasteiger charge is -2.35. The highest BCUT2D eigenvalue weighted by Gasteiger charge is 2.40. The van der Waals surface area contributed by atoms with Crippen molar-refractivity contribution in [3.05, 3.63) is 29.6 Å². The summed E-state index contributed by atoms with van der Waals surface area (Å²) in [6, 6.07) is 4.58. The van der Waals surface area contributed by atoms with Crippen LogP contribution in [0.3, 0.4) is 0 Å². The Morgan fingerprint density at radius 2 is 2.09 bits per heavy atom. The number of carbonyl (C=O) groups excluding carboxylic acids is 2. The molecular formula is C16H19FO5. The Balaban J connectivity index is 2.41. The minimum Gasteiger partial charge on any atom is -0.490 e. The van der Waals surface area contributed by atoms with E-state index in [1.165, 1.54) is 20.3 Å². The van der Waals surface area contributed by atoms with Gasteiger partial charge in [-0.05, 0) is 6.07 Å². The second-order valence-corrected chi connectivity index (χ2v) is 5.35. The van der Waals surface area contributed by atoms with Crippen molar-refractivity contribution in [1.29, 1.82) is 0 Å². The first kappa shape index (κ1) is 16.3. The zero-order valence-electron chi connectivity index (χ0n) is 12.8. The largest absolute Gasteiger partial charge is 0.490 e. The van der Waals surface area contributed by atoms with Gasteiger partial charge in [0.1, 0.15) is 0 Å². The minimum absolute atomic E-state index is 0.0957. The molecule has 0 bridgehead atoms. The van der Waals surface area contributed by atoms with Crippen LogP contribution in [0.1, 0.15) is 24.8 Å².